The Morgan fingerprint density at radius 1 is 1.21 bits per heavy atom. The van der Waals surface area contributed by atoms with E-state index in [1.807, 2.05) is 46.9 Å². The summed E-state index contributed by atoms with van der Waals surface area (Å²) in [5, 5.41) is 10.2. The van der Waals surface area contributed by atoms with Crippen molar-refractivity contribution in [2.75, 3.05) is 6.61 Å². The van der Waals surface area contributed by atoms with Gasteiger partial charge in [-0.2, -0.15) is 13.7 Å². The lowest BCUT2D eigenvalue weighted by Crippen LogP contribution is -2.12. The molecule has 0 saturated heterocycles. The van der Waals surface area contributed by atoms with Crippen molar-refractivity contribution in [3.8, 4) is 17.6 Å². The van der Waals surface area contributed by atoms with Crippen LogP contribution in [0.3, 0.4) is 0 Å². The summed E-state index contributed by atoms with van der Waals surface area (Å²) in [6.45, 7) is 2.07. The molecule has 10 heteroatoms. The first kappa shape index (κ1) is 24.1. The Bertz CT molecular complexity index is 1510. The van der Waals surface area contributed by atoms with Crippen LogP contribution < -0.4 is 8.92 Å². The van der Waals surface area contributed by atoms with Gasteiger partial charge in [-0.15, -0.1) is 0 Å². The van der Waals surface area contributed by atoms with E-state index in [-0.39, 0.29) is 23.0 Å². The molecule has 0 radical (unpaired) electrons. The van der Waals surface area contributed by atoms with E-state index in [9.17, 15) is 13.7 Å². The van der Waals surface area contributed by atoms with Gasteiger partial charge in [0.15, 0.2) is 11.5 Å². The average molecular weight is 606 g/mol. The van der Waals surface area contributed by atoms with Crippen molar-refractivity contribution in [2.45, 2.75) is 11.8 Å². The lowest BCUT2D eigenvalue weighted by Gasteiger charge is -2.14. The number of hydrogen-bond donors (Lipinski definition) is 1. The number of aromatic amines is 1. The van der Waals surface area contributed by atoms with Crippen molar-refractivity contribution < 1.29 is 17.3 Å². The van der Waals surface area contributed by atoms with Crippen LogP contribution in [0, 0.1) is 14.9 Å². The topological polar surface area (TPSA) is 105 Å². The summed E-state index contributed by atoms with van der Waals surface area (Å²) in [5.74, 6) is 0.735. The number of ether oxygens (including phenoxy) is 1. The second-order valence-corrected chi connectivity index (χ2v) is 10.2. The Kier molecular flexibility index (Phi) is 7.11. The van der Waals surface area contributed by atoms with Crippen molar-refractivity contribution in [3.05, 3.63) is 80.6 Å². The fraction of sp³-hybridized carbons (Fsp3) is 0.0833. The minimum Gasteiger partial charge on any atom is -0.490 e. The third kappa shape index (κ3) is 5.19. The molecule has 1 aromatic heterocycles. The molecule has 0 atom stereocenters. The Morgan fingerprint density at radius 2 is 1.94 bits per heavy atom. The molecule has 172 valence electrons. The van der Waals surface area contributed by atoms with E-state index in [1.165, 1.54) is 24.3 Å². The first-order valence-electron chi connectivity index (χ1n) is 10.0. The van der Waals surface area contributed by atoms with Crippen molar-refractivity contribution >= 4 is 67.0 Å². The highest BCUT2D eigenvalue weighted by Crippen LogP contribution is 2.37. The number of hydrogen-bond acceptors (Lipinski definition) is 6. The first-order valence-corrected chi connectivity index (χ1v) is 12.9. The molecule has 4 rings (SSSR count). The minimum absolute atomic E-state index is 0.0317. The second-order valence-electron chi connectivity index (χ2n) is 7.03. The molecular formula is C24H17ClIN3O4S. The van der Waals surface area contributed by atoms with Gasteiger partial charge in [-0.1, -0.05) is 23.7 Å². The monoisotopic (exact) mass is 605 g/mol. The van der Waals surface area contributed by atoms with Crippen LogP contribution in [-0.4, -0.2) is 25.0 Å². The Labute approximate surface area is 215 Å². The summed E-state index contributed by atoms with van der Waals surface area (Å²) < 4.78 is 37.2. The molecule has 3 aromatic carbocycles. The molecule has 7 nitrogen and oxygen atoms in total. The number of nitrogens with one attached hydrogen (secondary N) is 1. The van der Waals surface area contributed by atoms with Gasteiger partial charge in [0, 0.05) is 5.02 Å². The van der Waals surface area contributed by atoms with Gasteiger partial charge in [-0.3, -0.25) is 0 Å². The van der Waals surface area contributed by atoms with Gasteiger partial charge < -0.3 is 13.9 Å². The Balaban J connectivity index is 1.73. The number of nitrogens with zero attached hydrogens (tertiary/aromatic N) is 2. The van der Waals surface area contributed by atoms with Crippen molar-refractivity contribution in [1.82, 2.24) is 9.97 Å². The van der Waals surface area contributed by atoms with Gasteiger partial charge in [0.25, 0.3) is 0 Å². The average Bonchev–Trinajstić information content (AvgIpc) is 3.24. The Hall–Kier alpha value is -3.07. The molecule has 0 spiro atoms. The van der Waals surface area contributed by atoms with E-state index in [0.717, 1.165) is 11.0 Å². The largest absolute Gasteiger partial charge is 0.490 e. The summed E-state index contributed by atoms with van der Waals surface area (Å²) in [7, 11) is -4.12. The number of aromatic nitrogens is 2. The predicted molar refractivity (Wildman–Crippen MR) is 139 cm³/mol. The number of imidazole rings is 1. The first-order chi connectivity index (χ1) is 16.3. The molecule has 0 unspecified atom stereocenters. The summed E-state index contributed by atoms with van der Waals surface area (Å²) >= 11 is 7.83. The minimum atomic E-state index is -4.12. The number of fused-ring (bicyclic) bond motifs is 1. The number of nitriles is 1. The van der Waals surface area contributed by atoms with Crippen LogP contribution in [0.4, 0.5) is 0 Å². The molecule has 1 N–H and O–H groups in total. The number of allylic oxidation sites excluding steroid dienone is 1. The summed E-state index contributed by atoms with van der Waals surface area (Å²) in [5.41, 5.74) is 2.51. The van der Waals surface area contributed by atoms with E-state index < -0.39 is 10.1 Å². The highest BCUT2D eigenvalue weighted by Gasteiger charge is 2.22. The van der Waals surface area contributed by atoms with E-state index in [2.05, 4.69) is 16.0 Å². The smallest absolute Gasteiger partial charge is 0.339 e. The van der Waals surface area contributed by atoms with E-state index in [0.29, 0.717) is 25.6 Å². The van der Waals surface area contributed by atoms with Crippen LogP contribution in [0.1, 0.15) is 18.3 Å². The van der Waals surface area contributed by atoms with Crippen molar-refractivity contribution in [2.24, 2.45) is 0 Å². The van der Waals surface area contributed by atoms with Crippen molar-refractivity contribution in [3.63, 3.8) is 0 Å². The van der Waals surface area contributed by atoms with Crippen LogP contribution >= 0.6 is 34.2 Å². The van der Waals surface area contributed by atoms with Gasteiger partial charge in [-0.25, -0.2) is 4.98 Å². The van der Waals surface area contributed by atoms with Crippen LogP contribution in [0.25, 0.3) is 22.7 Å². The SMILES string of the molecule is CCOc1cc(/C=C(\C#N)c2nc3ccccc3[nH]2)cc(I)c1OS(=O)(=O)c1ccc(Cl)cc1. The molecular weight excluding hydrogens is 589 g/mol. The van der Waals surface area contributed by atoms with Crippen LogP contribution in [0.15, 0.2) is 65.6 Å². The highest BCUT2D eigenvalue weighted by molar-refractivity contribution is 14.1. The fourth-order valence-electron chi connectivity index (χ4n) is 3.17. The third-order valence-electron chi connectivity index (χ3n) is 4.70. The number of benzene rings is 3. The molecule has 34 heavy (non-hydrogen) atoms. The van der Waals surface area contributed by atoms with Crippen molar-refractivity contribution in [1.29, 1.82) is 5.26 Å². The number of rotatable bonds is 7. The zero-order chi connectivity index (χ0) is 24.3. The lowest BCUT2D eigenvalue weighted by molar-refractivity contribution is 0.327. The molecule has 0 fully saturated rings. The van der Waals surface area contributed by atoms with Crippen LogP contribution in [0.5, 0.6) is 11.5 Å². The summed E-state index contributed by atoms with van der Waals surface area (Å²) in [6.07, 6.45) is 1.65. The quantitative estimate of drug-likeness (QED) is 0.156. The van der Waals surface area contributed by atoms with E-state index >= 15 is 0 Å². The highest BCUT2D eigenvalue weighted by atomic mass is 127. The standard InChI is InChI=1S/C24H17ClIN3O4S/c1-2-32-22-13-15(11-16(14-27)24-28-20-5-3-4-6-21(20)29-24)12-19(26)23(22)33-34(30,31)18-9-7-17(25)8-10-18/h3-13H,2H2,1H3,(H,28,29)/b16-11+. The lowest BCUT2D eigenvalue weighted by atomic mass is 10.1. The van der Waals surface area contributed by atoms with Gasteiger partial charge in [0.05, 0.1) is 26.8 Å². The van der Waals surface area contributed by atoms with Crippen LogP contribution in [0.2, 0.25) is 5.02 Å². The van der Waals surface area contributed by atoms with Gasteiger partial charge in [0.1, 0.15) is 16.8 Å². The molecule has 0 saturated carbocycles. The number of para-hydroxylation sites is 2. The van der Waals surface area contributed by atoms with Crippen LogP contribution in [-0.2, 0) is 10.1 Å². The zero-order valence-corrected chi connectivity index (χ0v) is 21.5. The molecule has 4 aromatic rings. The molecule has 1 heterocycles. The maximum absolute atomic E-state index is 12.8. The molecule has 0 amide bonds. The normalized spacial score (nSPS) is 11.9. The molecule has 0 aliphatic carbocycles. The predicted octanol–water partition coefficient (Wildman–Crippen LogP) is 6.05. The molecule has 0 aliphatic rings. The maximum atomic E-state index is 12.8. The molecule has 0 bridgehead atoms. The second kappa shape index (κ2) is 10.0. The summed E-state index contributed by atoms with van der Waals surface area (Å²) in [6, 6.07) is 18.7. The summed E-state index contributed by atoms with van der Waals surface area (Å²) in [4.78, 5) is 7.58. The van der Waals surface area contributed by atoms with Gasteiger partial charge in [0.2, 0.25) is 0 Å². The Morgan fingerprint density at radius 3 is 2.62 bits per heavy atom. The zero-order valence-electron chi connectivity index (χ0n) is 17.7. The van der Waals surface area contributed by atoms with E-state index in [1.54, 1.807) is 25.1 Å². The van der Waals surface area contributed by atoms with Gasteiger partial charge in [-0.05, 0) is 89.7 Å². The van der Waals surface area contributed by atoms with Gasteiger partial charge >= 0.3 is 10.1 Å². The van der Waals surface area contributed by atoms with E-state index in [4.69, 9.17) is 20.5 Å². The molecule has 0 aliphatic heterocycles. The fourth-order valence-corrected chi connectivity index (χ4v) is 5.14. The number of H-pyrrole nitrogens is 1. The number of halogens is 2. The maximum Gasteiger partial charge on any atom is 0.339 e. The third-order valence-corrected chi connectivity index (χ3v) is 6.99.